The summed E-state index contributed by atoms with van der Waals surface area (Å²) in [5, 5.41) is 5.47. The van der Waals surface area contributed by atoms with Crippen LogP contribution in [0.1, 0.15) is 42.5 Å². The minimum Gasteiger partial charge on any atom is -0.490 e. The number of rotatable bonds is 5. The van der Waals surface area contributed by atoms with Crippen LogP contribution in [0.15, 0.2) is 42.5 Å². The monoisotopic (exact) mass is 481 g/mol. The molecule has 1 saturated heterocycles. The number of halogens is 1. The van der Waals surface area contributed by atoms with E-state index in [9.17, 15) is 18.8 Å². The molecule has 0 spiro atoms. The van der Waals surface area contributed by atoms with E-state index in [0.717, 1.165) is 12.8 Å². The molecule has 2 aromatic rings. The van der Waals surface area contributed by atoms with E-state index in [1.165, 1.54) is 12.1 Å². The van der Waals surface area contributed by atoms with Crippen molar-refractivity contribution in [3.8, 4) is 5.75 Å². The molecular weight excluding hydrogens is 453 g/mol. The maximum Gasteiger partial charge on any atom is 0.257 e. The maximum atomic E-state index is 13.8. The topological polar surface area (TPSA) is 97.0 Å². The summed E-state index contributed by atoms with van der Waals surface area (Å²) in [6, 6.07) is 10.9. The van der Waals surface area contributed by atoms with Gasteiger partial charge in [0.1, 0.15) is 24.3 Å². The SMILES string of the molecule is CN1C(=O)c2cc(NC(=O)C3CC3)ccc2OC[C@H]2O[C@@H](CC(=O)Nc3ccccc3F)CC[C@@H]21. The van der Waals surface area contributed by atoms with Crippen LogP contribution < -0.4 is 15.4 Å². The third-order valence-electron chi connectivity index (χ3n) is 6.79. The van der Waals surface area contributed by atoms with Gasteiger partial charge in [0.05, 0.1) is 29.8 Å². The first-order valence-corrected chi connectivity index (χ1v) is 11.9. The molecule has 0 unspecified atom stereocenters. The molecule has 3 atom stereocenters. The summed E-state index contributed by atoms with van der Waals surface area (Å²) in [5.74, 6) is -0.574. The summed E-state index contributed by atoms with van der Waals surface area (Å²) in [4.78, 5) is 39.6. The highest BCUT2D eigenvalue weighted by molar-refractivity contribution is 6.00. The number of benzene rings is 2. The van der Waals surface area contributed by atoms with Gasteiger partial charge in [0.15, 0.2) is 0 Å². The molecule has 35 heavy (non-hydrogen) atoms. The van der Waals surface area contributed by atoms with Gasteiger partial charge in [-0.3, -0.25) is 14.4 Å². The van der Waals surface area contributed by atoms with Gasteiger partial charge in [-0.15, -0.1) is 0 Å². The molecule has 3 amide bonds. The Morgan fingerprint density at radius 2 is 1.89 bits per heavy atom. The molecule has 2 fully saturated rings. The number of hydrogen-bond donors (Lipinski definition) is 2. The highest BCUT2D eigenvalue weighted by Crippen LogP contribution is 2.34. The number of ether oxygens (including phenoxy) is 2. The Kier molecular flexibility index (Phi) is 6.42. The fourth-order valence-corrected chi connectivity index (χ4v) is 4.67. The van der Waals surface area contributed by atoms with Crippen molar-refractivity contribution in [3.63, 3.8) is 0 Å². The number of amides is 3. The zero-order valence-corrected chi connectivity index (χ0v) is 19.5. The van der Waals surface area contributed by atoms with Crippen molar-refractivity contribution in [3.05, 3.63) is 53.8 Å². The Labute approximate surface area is 202 Å². The van der Waals surface area contributed by atoms with E-state index in [-0.39, 0.29) is 54.5 Å². The Balaban J connectivity index is 1.25. The van der Waals surface area contributed by atoms with E-state index in [4.69, 9.17) is 9.47 Å². The Morgan fingerprint density at radius 1 is 1.09 bits per heavy atom. The Hall–Kier alpha value is -3.46. The lowest BCUT2D eigenvalue weighted by atomic mass is 9.94. The van der Waals surface area contributed by atoms with Crippen LogP contribution in [0.3, 0.4) is 0 Å². The molecule has 9 heteroatoms. The second kappa shape index (κ2) is 9.65. The zero-order chi connectivity index (χ0) is 24.5. The first kappa shape index (κ1) is 23.3. The smallest absolute Gasteiger partial charge is 0.257 e. The van der Waals surface area contributed by atoms with Crippen LogP contribution in [0.25, 0.3) is 0 Å². The maximum absolute atomic E-state index is 13.8. The van der Waals surface area contributed by atoms with Gasteiger partial charge in [0.25, 0.3) is 5.91 Å². The molecule has 1 saturated carbocycles. The van der Waals surface area contributed by atoms with Crippen LogP contribution in [-0.2, 0) is 14.3 Å². The first-order valence-electron chi connectivity index (χ1n) is 11.9. The second-order valence-corrected chi connectivity index (χ2v) is 9.37. The highest BCUT2D eigenvalue weighted by atomic mass is 19.1. The summed E-state index contributed by atoms with van der Waals surface area (Å²) >= 11 is 0. The minimum absolute atomic E-state index is 0.0247. The number of para-hydroxylation sites is 1. The summed E-state index contributed by atoms with van der Waals surface area (Å²) in [6.07, 6.45) is 2.32. The molecule has 2 N–H and O–H groups in total. The highest BCUT2D eigenvalue weighted by Gasteiger charge is 2.39. The number of fused-ring (bicyclic) bond motifs is 2. The minimum atomic E-state index is -0.493. The number of likely N-dealkylation sites (N-methyl/N-ethyl adjacent to an activating group) is 1. The van der Waals surface area contributed by atoms with Gasteiger partial charge in [-0.25, -0.2) is 4.39 Å². The average Bonchev–Trinajstić information content (AvgIpc) is 3.69. The number of nitrogens with zero attached hydrogens (tertiary/aromatic N) is 1. The molecule has 1 aliphatic carbocycles. The lowest BCUT2D eigenvalue weighted by Crippen LogP contribution is -2.53. The lowest BCUT2D eigenvalue weighted by Gasteiger charge is -2.42. The van der Waals surface area contributed by atoms with Crippen LogP contribution in [-0.4, -0.2) is 54.5 Å². The summed E-state index contributed by atoms with van der Waals surface area (Å²) in [5.41, 5.74) is 1.10. The van der Waals surface area contributed by atoms with Crippen molar-refractivity contribution < 1.29 is 28.2 Å². The average molecular weight is 482 g/mol. The molecule has 184 valence electrons. The molecule has 8 nitrogen and oxygen atoms in total. The molecule has 2 heterocycles. The third kappa shape index (κ3) is 5.14. The fourth-order valence-electron chi connectivity index (χ4n) is 4.67. The number of nitrogens with one attached hydrogen (secondary N) is 2. The van der Waals surface area contributed by atoms with Gasteiger partial charge in [-0.2, -0.15) is 0 Å². The predicted octanol–water partition coefficient (Wildman–Crippen LogP) is 3.58. The molecule has 2 aliphatic heterocycles. The summed E-state index contributed by atoms with van der Waals surface area (Å²) in [7, 11) is 1.74. The largest absolute Gasteiger partial charge is 0.490 e. The van der Waals surface area contributed by atoms with Gasteiger partial charge in [-0.1, -0.05) is 12.1 Å². The Bertz CT molecular complexity index is 1150. The third-order valence-corrected chi connectivity index (χ3v) is 6.79. The zero-order valence-electron chi connectivity index (χ0n) is 19.5. The predicted molar refractivity (Wildman–Crippen MR) is 127 cm³/mol. The number of anilines is 2. The van der Waals surface area contributed by atoms with E-state index >= 15 is 0 Å². The van der Waals surface area contributed by atoms with Crippen LogP contribution >= 0.6 is 0 Å². The summed E-state index contributed by atoms with van der Waals surface area (Å²) < 4.78 is 26.0. The van der Waals surface area contributed by atoms with Crippen molar-refractivity contribution in [2.45, 2.75) is 50.4 Å². The van der Waals surface area contributed by atoms with Crippen molar-refractivity contribution in [2.75, 3.05) is 24.3 Å². The standard InChI is InChI=1S/C26H28FN3O5/c1-30-21-10-9-17(13-24(31)29-20-5-3-2-4-19(20)27)35-23(21)14-34-22-11-8-16(12-18(22)26(30)33)28-25(32)15-6-7-15/h2-5,8,11-12,15,17,21,23H,6-7,9-10,13-14H2,1H3,(H,28,32)(H,29,31)/t17-,21+,23-/m1/s1. The molecular formula is C26H28FN3O5. The van der Waals surface area contributed by atoms with Gasteiger partial charge < -0.3 is 25.0 Å². The number of hydrogen-bond acceptors (Lipinski definition) is 5. The van der Waals surface area contributed by atoms with Crippen molar-refractivity contribution in [1.29, 1.82) is 0 Å². The van der Waals surface area contributed by atoms with Gasteiger partial charge in [0, 0.05) is 18.7 Å². The van der Waals surface area contributed by atoms with E-state index in [1.807, 2.05) is 0 Å². The fraction of sp³-hybridized carbons (Fsp3) is 0.423. The van der Waals surface area contributed by atoms with Crippen LogP contribution in [0, 0.1) is 11.7 Å². The number of carbonyl (C=O) groups is 3. The normalized spacial score (nSPS) is 23.8. The number of carbonyl (C=O) groups excluding carboxylic acids is 3. The van der Waals surface area contributed by atoms with Crippen molar-refractivity contribution >= 4 is 29.1 Å². The quantitative estimate of drug-likeness (QED) is 0.681. The van der Waals surface area contributed by atoms with Gasteiger partial charge >= 0.3 is 0 Å². The molecule has 2 aromatic carbocycles. The molecule has 3 aliphatic rings. The summed E-state index contributed by atoms with van der Waals surface area (Å²) in [6.45, 7) is 0.217. The van der Waals surface area contributed by atoms with E-state index in [0.29, 0.717) is 29.8 Å². The molecule has 0 aromatic heterocycles. The van der Waals surface area contributed by atoms with Crippen molar-refractivity contribution in [1.82, 2.24) is 4.90 Å². The molecule has 0 bridgehead atoms. The van der Waals surface area contributed by atoms with Crippen LogP contribution in [0.5, 0.6) is 5.75 Å². The van der Waals surface area contributed by atoms with Crippen LogP contribution in [0.4, 0.5) is 15.8 Å². The van der Waals surface area contributed by atoms with E-state index in [1.54, 1.807) is 42.3 Å². The van der Waals surface area contributed by atoms with E-state index < -0.39 is 11.9 Å². The second-order valence-electron chi connectivity index (χ2n) is 9.37. The Morgan fingerprint density at radius 3 is 2.66 bits per heavy atom. The molecule has 5 rings (SSSR count). The lowest BCUT2D eigenvalue weighted by molar-refractivity contribution is -0.130. The van der Waals surface area contributed by atoms with Crippen molar-refractivity contribution in [2.24, 2.45) is 5.92 Å². The molecule has 0 radical (unpaired) electrons. The first-order chi connectivity index (χ1) is 16.9. The van der Waals surface area contributed by atoms with Crippen LogP contribution in [0.2, 0.25) is 0 Å². The van der Waals surface area contributed by atoms with E-state index in [2.05, 4.69) is 10.6 Å². The van der Waals surface area contributed by atoms with Gasteiger partial charge in [-0.05, 0) is 56.0 Å². The van der Waals surface area contributed by atoms with Gasteiger partial charge in [0.2, 0.25) is 11.8 Å².